The van der Waals surface area contributed by atoms with E-state index < -0.39 is 23.4 Å². The second-order valence-corrected chi connectivity index (χ2v) is 8.05. The first-order valence-corrected chi connectivity index (χ1v) is 8.13. The van der Waals surface area contributed by atoms with Crippen LogP contribution in [0.15, 0.2) is 0 Å². The molecule has 0 saturated carbocycles. The smallest absolute Gasteiger partial charge is 0.0595 e. The summed E-state index contributed by atoms with van der Waals surface area (Å²) in [6, 6.07) is 0. The Hall–Kier alpha value is -0.160. The van der Waals surface area contributed by atoms with Crippen molar-refractivity contribution in [3.8, 4) is 0 Å². The van der Waals surface area contributed by atoms with Crippen molar-refractivity contribution in [1.82, 2.24) is 0 Å². The van der Waals surface area contributed by atoms with Crippen LogP contribution in [0.5, 0.6) is 0 Å². The van der Waals surface area contributed by atoms with Crippen molar-refractivity contribution in [1.29, 1.82) is 0 Å². The van der Waals surface area contributed by atoms with E-state index in [-0.39, 0.29) is 11.8 Å². The summed E-state index contributed by atoms with van der Waals surface area (Å²) in [5.41, 5.74) is -1.53. The lowest BCUT2D eigenvalue weighted by atomic mass is 9.86. The predicted octanol–water partition coefficient (Wildman–Crippen LogP) is 2.47. The maximum absolute atomic E-state index is 10.1. The van der Waals surface area contributed by atoms with Gasteiger partial charge in [-0.2, -0.15) is 0 Å². The highest BCUT2D eigenvalue weighted by molar-refractivity contribution is 4.77. The minimum atomic E-state index is -0.763. The molecule has 0 aliphatic rings. The van der Waals surface area contributed by atoms with Crippen molar-refractivity contribution < 1.29 is 20.4 Å². The van der Waals surface area contributed by atoms with Crippen LogP contribution >= 0.6 is 0 Å². The lowest BCUT2D eigenvalue weighted by Crippen LogP contribution is -2.30. The van der Waals surface area contributed by atoms with E-state index >= 15 is 0 Å². The second kappa shape index (κ2) is 8.47. The van der Waals surface area contributed by atoms with E-state index in [0.29, 0.717) is 25.7 Å². The maximum Gasteiger partial charge on any atom is 0.0595 e. The molecule has 0 aromatic heterocycles. The Morgan fingerprint density at radius 1 is 0.714 bits per heavy atom. The molecule has 128 valence electrons. The molecule has 0 aliphatic carbocycles. The van der Waals surface area contributed by atoms with Gasteiger partial charge in [-0.1, -0.05) is 13.8 Å². The Balaban J connectivity index is 4.02. The van der Waals surface area contributed by atoms with Crippen LogP contribution in [0.2, 0.25) is 0 Å². The molecule has 4 unspecified atom stereocenters. The summed E-state index contributed by atoms with van der Waals surface area (Å²) in [7, 11) is 0. The number of aliphatic hydroxyl groups is 4. The minimum absolute atomic E-state index is 0.0379. The number of aliphatic hydroxyl groups excluding tert-OH is 2. The monoisotopic (exact) mass is 304 g/mol. The van der Waals surface area contributed by atoms with Crippen LogP contribution in [-0.2, 0) is 0 Å². The first-order chi connectivity index (χ1) is 9.32. The van der Waals surface area contributed by atoms with Gasteiger partial charge in [-0.15, -0.1) is 0 Å². The molecule has 4 N–H and O–H groups in total. The maximum atomic E-state index is 10.1. The molecule has 21 heavy (non-hydrogen) atoms. The normalized spacial score (nSPS) is 19.1. The summed E-state index contributed by atoms with van der Waals surface area (Å²) in [6.45, 7) is 10.9. The molecule has 0 rings (SSSR count). The second-order valence-electron chi connectivity index (χ2n) is 8.05. The summed E-state index contributed by atoms with van der Waals surface area (Å²) >= 11 is 0. The van der Waals surface area contributed by atoms with E-state index in [1.54, 1.807) is 27.7 Å². The quantitative estimate of drug-likeness (QED) is 0.500. The Bertz CT molecular complexity index is 249. The van der Waals surface area contributed by atoms with Gasteiger partial charge in [0.1, 0.15) is 0 Å². The molecule has 0 aliphatic heterocycles. The van der Waals surface area contributed by atoms with Gasteiger partial charge in [0.05, 0.1) is 23.4 Å². The van der Waals surface area contributed by atoms with Crippen molar-refractivity contribution in [3.63, 3.8) is 0 Å². The van der Waals surface area contributed by atoms with Gasteiger partial charge in [0, 0.05) is 0 Å². The molecule has 0 spiro atoms. The Labute approximate surface area is 130 Å². The van der Waals surface area contributed by atoms with E-state index in [4.69, 9.17) is 0 Å². The zero-order valence-corrected chi connectivity index (χ0v) is 14.6. The largest absolute Gasteiger partial charge is 0.393 e. The highest BCUT2D eigenvalue weighted by atomic mass is 16.3. The van der Waals surface area contributed by atoms with Crippen molar-refractivity contribution in [2.24, 2.45) is 11.8 Å². The fourth-order valence-electron chi connectivity index (χ4n) is 2.95. The first kappa shape index (κ1) is 20.8. The standard InChI is InChI=1S/C17H36O4/c1-12(10-16(3,4)20)14(18)8-7-9-15(19)13(2)11-17(5,6)21/h12-15,18-21H,7-11H2,1-6H3. The molecule has 4 heteroatoms. The summed E-state index contributed by atoms with van der Waals surface area (Å²) < 4.78 is 0. The van der Waals surface area contributed by atoms with Gasteiger partial charge in [-0.25, -0.2) is 0 Å². The number of hydrogen-bond acceptors (Lipinski definition) is 4. The van der Waals surface area contributed by atoms with Crippen molar-refractivity contribution in [3.05, 3.63) is 0 Å². The third kappa shape index (κ3) is 11.1. The highest BCUT2D eigenvalue weighted by Gasteiger charge is 2.25. The van der Waals surface area contributed by atoms with Gasteiger partial charge >= 0.3 is 0 Å². The third-order valence-corrected chi connectivity index (χ3v) is 3.96. The van der Waals surface area contributed by atoms with E-state index in [2.05, 4.69) is 0 Å². The van der Waals surface area contributed by atoms with Crippen LogP contribution in [0, 0.1) is 11.8 Å². The van der Waals surface area contributed by atoms with Crippen LogP contribution in [0.25, 0.3) is 0 Å². The van der Waals surface area contributed by atoms with Crippen LogP contribution in [-0.4, -0.2) is 43.8 Å². The highest BCUT2D eigenvalue weighted by Crippen LogP contribution is 2.24. The SMILES string of the molecule is CC(CC(C)(C)O)C(O)CCCC(O)C(C)CC(C)(C)O. The van der Waals surface area contributed by atoms with Crippen LogP contribution < -0.4 is 0 Å². The summed E-state index contributed by atoms with van der Waals surface area (Å²) in [5.74, 6) is 0.0758. The molecule has 4 atom stereocenters. The summed E-state index contributed by atoms with van der Waals surface area (Å²) in [4.78, 5) is 0. The van der Waals surface area contributed by atoms with E-state index in [1.165, 1.54) is 0 Å². The van der Waals surface area contributed by atoms with Gasteiger partial charge in [0.2, 0.25) is 0 Å². The van der Waals surface area contributed by atoms with Gasteiger partial charge in [0.15, 0.2) is 0 Å². The van der Waals surface area contributed by atoms with Crippen molar-refractivity contribution in [2.45, 2.75) is 97.1 Å². The molecular weight excluding hydrogens is 268 g/mol. The van der Waals surface area contributed by atoms with Gasteiger partial charge in [-0.3, -0.25) is 0 Å². The van der Waals surface area contributed by atoms with Gasteiger partial charge < -0.3 is 20.4 Å². The predicted molar refractivity (Wildman–Crippen MR) is 86.0 cm³/mol. The molecule has 0 heterocycles. The number of hydrogen-bond donors (Lipinski definition) is 4. The van der Waals surface area contributed by atoms with Gasteiger partial charge in [0.25, 0.3) is 0 Å². The molecule has 0 aromatic carbocycles. The Morgan fingerprint density at radius 3 is 1.24 bits per heavy atom. The lowest BCUT2D eigenvalue weighted by molar-refractivity contribution is 0.00678. The molecule has 0 aromatic rings. The zero-order valence-electron chi connectivity index (χ0n) is 14.6. The topological polar surface area (TPSA) is 80.9 Å². The molecular formula is C17H36O4. The Morgan fingerprint density at radius 2 is 1.00 bits per heavy atom. The fourth-order valence-corrected chi connectivity index (χ4v) is 2.95. The van der Waals surface area contributed by atoms with E-state index in [0.717, 1.165) is 6.42 Å². The Kier molecular flexibility index (Phi) is 8.40. The molecule has 0 radical (unpaired) electrons. The molecule has 4 nitrogen and oxygen atoms in total. The first-order valence-electron chi connectivity index (χ1n) is 8.13. The number of rotatable bonds is 10. The van der Waals surface area contributed by atoms with E-state index in [1.807, 2.05) is 13.8 Å². The van der Waals surface area contributed by atoms with E-state index in [9.17, 15) is 20.4 Å². The summed E-state index contributed by atoms with van der Waals surface area (Å²) in [6.07, 6.45) is 2.22. The lowest BCUT2D eigenvalue weighted by Gasteiger charge is -2.27. The van der Waals surface area contributed by atoms with Crippen LogP contribution in [0.1, 0.15) is 73.6 Å². The summed E-state index contributed by atoms with van der Waals surface area (Å²) in [5, 5.41) is 39.7. The average molecular weight is 304 g/mol. The molecule has 0 amide bonds. The fraction of sp³-hybridized carbons (Fsp3) is 1.00. The van der Waals surface area contributed by atoms with Crippen molar-refractivity contribution in [2.75, 3.05) is 0 Å². The average Bonchev–Trinajstić information content (AvgIpc) is 2.23. The van der Waals surface area contributed by atoms with Crippen molar-refractivity contribution >= 4 is 0 Å². The molecule has 0 bridgehead atoms. The minimum Gasteiger partial charge on any atom is -0.393 e. The van der Waals surface area contributed by atoms with Gasteiger partial charge in [-0.05, 0) is 71.6 Å². The third-order valence-electron chi connectivity index (χ3n) is 3.96. The zero-order chi connectivity index (χ0) is 16.8. The molecule has 0 saturated heterocycles. The van der Waals surface area contributed by atoms with Crippen LogP contribution in [0.4, 0.5) is 0 Å². The van der Waals surface area contributed by atoms with Crippen LogP contribution in [0.3, 0.4) is 0 Å². The molecule has 0 fully saturated rings.